The molecule has 0 spiro atoms. The Hall–Kier alpha value is -1.81. The van der Waals surface area contributed by atoms with Crippen LogP contribution in [0.4, 0.5) is 0 Å². The molecule has 0 unspecified atom stereocenters. The van der Waals surface area contributed by atoms with Crippen molar-refractivity contribution in [2.45, 2.75) is 39.0 Å². The first-order valence-electron chi connectivity index (χ1n) is 9.58. The molecule has 0 N–H and O–H groups in total. The number of hydrogen-bond donors (Lipinski definition) is 0. The van der Waals surface area contributed by atoms with Crippen molar-refractivity contribution >= 4 is 5.91 Å². The molecule has 1 heterocycles. The lowest BCUT2D eigenvalue weighted by Crippen LogP contribution is -2.50. The Bertz CT molecular complexity index is 586. The first kappa shape index (κ1) is 18.0. The van der Waals surface area contributed by atoms with Crippen LogP contribution in [0.1, 0.15) is 37.7 Å². The van der Waals surface area contributed by atoms with E-state index in [2.05, 4.69) is 11.0 Å². The number of allylic oxidation sites excluding steroid dienone is 1. The first-order chi connectivity index (χ1) is 12.2. The molecule has 0 saturated carbocycles. The fourth-order valence-corrected chi connectivity index (χ4v) is 3.53. The average molecular weight is 342 g/mol. The summed E-state index contributed by atoms with van der Waals surface area (Å²) in [6.45, 7) is 6.89. The quantitative estimate of drug-likeness (QED) is 0.743. The second kappa shape index (κ2) is 9.04. The smallest absolute Gasteiger partial charge is 0.260 e. The zero-order chi connectivity index (χ0) is 17.5. The number of hydrogen-bond acceptors (Lipinski definition) is 3. The molecular formula is C21H30N2O2. The topological polar surface area (TPSA) is 32.8 Å². The van der Waals surface area contributed by atoms with E-state index in [1.54, 1.807) is 5.57 Å². The van der Waals surface area contributed by atoms with Gasteiger partial charge in [0.1, 0.15) is 5.75 Å². The van der Waals surface area contributed by atoms with Crippen LogP contribution in [-0.2, 0) is 4.79 Å². The van der Waals surface area contributed by atoms with Gasteiger partial charge in [-0.05, 0) is 51.2 Å². The zero-order valence-electron chi connectivity index (χ0n) is 15.4. The molecule has 0 atom stereocenters. The van der Waals surface area contributed by atoms with Crippen LogP contribution >= 0.6 is 0 Å². The summed E-state index contributed by atoms with van der Waals surface area (Å²) in [6, 6.07) is 7.83. The van der Waals surface area contributed by atoms with Crippen molar-refractivity contribution in [1.82, 2.24) is 9.80 Å². The van der Waals surface area contributed by atoms with Gasteiger partial charge < -0.3 is 9.64 Å². The van der Waals surface area contributed by atoms with Gasteiger partial charge in [0.15, 0.2) is 6.61 Å². The Morgan fingerprint density at radius 1 is 1.08 bits per heavy atom. The van der Waals surface area contributed by atoms with E-state index in [0.29, 0.717) is 0 Å². The van der Waals surface area contributed by atoms with Gasteiger partial charge in [-0.25, -0.2) is 0 Å². The molecule has 25 heavy (non-hydrogen) atoms. The van der Waals surface area contributed by atoms with E-state index < -0.39 is 0 Å². The molecule has 1 aromatic rings. The number of ether oxygens (including phenoxy) is 1. The van der Waals surface area contributed by atoms with Gasteiger partial charge in [-0.1, -0.05) is 29.3 Å². The standard InChI is InChI=1S/C21H30N2O2/c1-18-7-9-20(10-8-18)25-17-21(24)23-15-13-22(14-16-23)12-11-19-5-3-2-4-6-19/h5,7-10H,2-4,6,11-17H2,1H3. The van der Waals surface area contributed by atoms with Crippen LogP contribution in [0, 0.1) is 6.92 Å². The fraction of sp³-hybridized carbons (Fsp3) is 0.571. The van der Waals surface area contributed by atoms with E-state index in [4.69, 9.17) is 4.74 Å². The lowest BCUT2D eigenvalue weighted by molar-refractivity contribution is -0.135. The van der Waals surface area contributed by atoms with Crippen LogP contribution in [0.15, 0.2) is 35.9 Å². The Morgan fingerprint density at radius 3 is 2.52 bits per heavy atom. The molecular weight excluding hydrogens is 312 g/mol. The van der Waals surface area contributed by atoms with Crippen LogP contribution in [0.5, 0.6) is 5.75 Å². The molecule has 0 aromatic heterocycles. The summed E-state index contributed by atoms with van der Waals surface area (Å²) in [7, 11) is 0. The van der Waals surface area contributed by atoms with Crippen molar-refractivity contribution in [3.05, 3.63) is 41.5 Å². The van der Waals surface area contributed by atoms with Crippen molar-refractivity contribution in [2.75, 3.05) is 39.3 Å². The van der Waals surface area contributed by atoms with E-state index in [1.165, 1.54) is 37.7 Å². The number of nitrogens with zero attached hydrogens (tertiary/aromatic N) is 2. The van der Waals surface area contributed by atoms with Crippen molar-refractivity contribution < 1.29 is 9.53 Å². The SMILES string of the molecule is Cc1ccc(OCC(=O)N2CCN(CCC3=CCCCC3)CC2)cc1. The summed E-state index contributed by atoms with van der Waals surface area (Å²) < 4.78 is 5.62. The Kier molecular flexibility index (Phi) is 6.51. The normalized spacial score (nSPS) is 18.8. The van der Waals surface area contributed by atoms with Gasteiger partial charge in [0.05, 0.1) is 0 Å². The van der Waals surface area contributed by atoms with Gasteiger partial charge in [-0.2, -0.15) is 0 Å². The molecule has 1 amide bonds. The molecule has 1 saturated heterocycles. The van der Waals surface area contributed by atoms with E-state index in [-0.39, 0.29) is 12.5 Å². The number of aryl methyl sites for hydroxylation is 1. The summed E-state index contributed by atoms with van der Waals surface area (Å²) in [5.74, 6) is 0.855. The lowest BCUT2D eigenvalue weighted by Gasteiger charge is -2.35. The molecule has 4 nitrogen and oxygen atoms in total. The second-order valence-electron chi connectivity index (χ2n) is 7.18. The second-order valence-corrected chi connectivity index (χ2v) is 7.18. The molecule has 1 aromatic carbocycles. The molecule has 1 fully saturated rings. The predicted octanol–water partition coefficient (Wildman–Crippen LogP) is 3.41. The number of carbonyl (C=O) groups is 1. The Labute approximate surface area is 151 Å². The van der Waals surface area contributed by atoms with Gasteiger partial charge in [0, 0.05) is 32.7 Å². The molecule has 0 bridgehead atoms. The minimum Gasteiger partial charge on any atom is -0.484 e. The van der Waals surface area contributed by atoms with E-state index in [0.717, 1.165) is 38.5 Å². The Morgan fingerprint density at radius 2 is 1.84 bits per heavy atom. The van der Waals surface area contributed by atoms with E-state index in [1.807, 2.05) is 36.1 Å². The van der Waals surface area contributed by atoms with Crippen molar-refractivity contribution in [1.29, 1.82) is 0 Å². The highest BCUT2D eigenvalue weighted by Crippen LogP contribution is 2.20. The molecule has 1 aliphatic carbocycles. The minimum absolute atomic E-state index is 0.0928. The molecule has 4 heteroatoms. The largest absolute Gasteiger partial charge is 0.484 e. The highest BCUT2D eigenvalue weighted by molar-refractivity contribution is 5.77. The third-order valence-corrected chi connectivity index (χ3v) is 5.24. The fourth-order valence-electron chi connectivity index (χ4n) is 3.53. The summed E-state index contributed by atoms with van der Waals surface area (Å²) in [5.41, 5.74) is 2.83. The van der Waals surface area contributed by atoms with Crippen LogP contribution < -0.4 is 4.74 Å². The molecule has 3 rings (SSSR count). The zero-order valence-corrected chi connectivity index (χ0v) is 15.4. The maximum Gasteiger partial charge on any atom is 0.260 e. The third kappa shape index (κ3) is 5.60. The van der Waals surface area contributed by atoms with E-state index in [9.17, 15) is 4.79 Å². The monoisotopic (exact) mass is 342 g/mol. The number of rotatable bonds is 6. The van der Waals surface area contributed by atoms with E-state index >= 15 is 0 Å². The van der Waals surface area contributed by atoms with Gasteiger partial charge in [-0.3, -0.25) is 9.69 Å². The molecule has 1 aliphatic heterocycles. The number of piperazine rings is 1. The van der Waals surface area contributed by atoms with Crippen LogP contribution in [-0.4, -0.2) is 55.0 Å². The predicted molar refractivity (Wildman–Crippen MR) is 101 cm³/mol. The maximum atomic E-state index is 12.3. The highest BCUT2D eigenvalue weighted by atomic mass is 16.5. The highest BCUT2D eigenvalue weighted by Gasteiger charge is 2.21. The third-order valence-electron chi connectivity index (χ3n) is 5.24. The summed E-state index contributed by atoms with van der Waals surface area (Å²) >= 11 is 0. The van der Waals surface area contributed by atoms with Gasteiger partial charge >= 0.3 is 0 Å². The molecule has 2 aliphatic rings. The van der Waals surface area contributed by atoms with Gasteiger partial charge in [0.2, 0.25) is 0 Å². The number of carbonyl (C=O) groups excluding carboxylic acids is 1. The minimum atomic E-state index is 0.0928. The average Bonchev–Trinajstić information content (AvgIpc) is 2.67. The molecule has 0 radical (unpaired) electrons. The van der Waals surface area contributed by atoms with Crippen LogP contribution in [0.3, 0.4) is 0 Å². The Balaban J connectivity index is 1.35. The summed E-state index contributed by atoms with van der Waals surface area (Å²) in [6.07, 6.45) is 8.90. The van der Waals surface area contributed by atoms with Crippen molar-refractivity contribution in [3.63, 3.8) is 0 Å². The van der Waals surface area contributed by atoms with Crippen LogP contribution in [0.2, 0.25) is 0 Å². The maximum absolute atomic E-state index is 12.3. The molecule has 136 valence electrons. The van der Waals surface area contributed by atoms with Gasteiger partial charge in [-0.15, -0.1) is 0 Å². The lowest BCUT2D eigenvalue weighted by atomic mass is 9.97. The van der Waals surface area contributed by atoms with Crippen LogP contribution in [0.25, 0.3) is 0 Å². The van der Waals surface area contributed by atoms with Gasteiger partial charge in [0.25, 0.3) is 5.91 Å². The summed E-state index contributed by atoms with van der Waals surface area (Å²) in [4.78, 5) is 16.7. The first-order valence-corrected chi connectivity index (χ1v) is 9.58. The summed E-state index contributed by atoms with van der Waals surface area (Å²) in [5, 5.41) is 0. The number of amides is 1. The van der Waals surface area contributed by atoms with Crippen molar-refractivity contribution in [2.24, 2.45) is 0 Å². The number of benzene rings is 1. The van der Waals surface area contributed by atoms with Crippen molar-refractivity contribution in [3.8, 4) is 5.75 Å².